The van der Waals surface area contributed by atoms with Crippen LogP contribution in [0.25, 0.3) is 0 Å². The normalized spacial score (nSPS) is 27.2. The van der Waals surface area contributed by atoms with Gasteiger partial charge in [0.1, 0.15) is 0 Å². The van der Waals surface area contributed by atoms with Crippen LogP contribution in [0.3, 0.4) is 0 Å². The van der Waals surface area contributed by atoms with Crippen molar-refractivity contribution in [3.05, 3.63) is 0 Å². The predicted molar refractivity (Wildman–Crippen MR) is 62.0 cm³/mol. The molecule has 2 atom stereocenters. The second kappa shape index (κ2) is 7.20. The summed E-state index contributed by atoms with van der Waals surface area (Å²) in [5, 5.41) is 9.88. The SMILES string of the molecule is COCCCCN(C)C1CCCCC1O. The number of hydrogen-bond acceptors (Lipinski definition) is 3. The van der Waals surface area contributed by atoms with Gasteiger partial charge in [0.15, 0.2) is 0 Å². The number of likely N-dealkylation sites (N-methyl/N-ethyl adjacent to an activating group) is 1. The molecule has 3 heteroatoms. The second-order valence-corrected chi connectivity index (χ2v) is 4.60. The lowest BCUT2D eigenvalue weighted by molar-refractivity contribution is 0.0308. The summed E-state index contributed by atoms with van der Waals surface area (Å²) in [7, 11) is 3.88. The molecule has 0 aromatic heterocycles. The Labute approximate surface area is 93.4 Å². The van der Waals surface area contributed by atoms with Crippen LogP contribution in [-0.2, 0) is 4.74 Å². The Morgan fingerprint density at radius 2 is 2.00 bits per heavy atom. The number of ether oxygens (including phenoxy) is 1. The van der Waals surface area contributed by atoms with Gasteiger partial charge in [0, 0.05) is 19.8 Å². The molecule has 0 aliphatic heterocycles. The van der Waals surface area contributed by atoms with E-state index in [4.69, 9.17) is 4.74 Å². The standard InChI is InChI=1S/C12H25NO2/c1-13(9-5-6-10-15-2)11-7-3-4-8-12(11)14/h11-12,14H,3-10H2,1-2H3. The van der Waals surface area contributed by atoms with Crippen molar-refractivity contribution in [3.8, 4) is 0 Å². The summed E-state index contributed by atoms with van der Waals surface area (Å²) in [6.07, 6.45) is 6.76. The summed E-state index contributed by atoms with van der Waals surface area (Å²) >= 11 is 0. The van der Waals surface area contributed by atoms with Crippen molar-refractivity contribution in [2.75, 3.05) is 27.3 Å². The minimum Gasteiger partial charge on any atom is -0.391 e. The fourth-order valence-electron chi connectivity index (χ4n) is 2.38. The van der Waals surface area contributed by atoms with E-state index < -0.39 is 0 Å². The molecule has 90 valence electrons. The van der Waals surface area contributed by atoms with E-state index in [0.29, 0.717) is 6.04 Å². The first-order chi connectivity index (χ1) is 7.25. The van der Waals surface area contributed by atoms with Crippen molar-refractivity contribution in [2.24, 2.45) is 0 Å². The molecule has 0 aromatic rings. The van der Waals surface area contributed by atoms with Crippen LogP contribution in [0.2, 0.25) is 0 Å². The minimum absolute atomic E-state index is 0.105. The molecule has 0 saturated heterocycles. The van der Waals surface area contributed by atoms with Crippen molar-refractivity contribution in [1.82, 2.24) is 4.90 Å². The first-order valence-electron chi connectivity index (χ1n) is 6.13. The maximum absolute atomic E-state index is 9.88. The highest BCUT2D eigenvalue weighted by Crippen LogP contribution is 2.22. The number of aliphatic hydroxyl groups excluding tert-OH is 1. The fourth-order valence-corrected chi connectivity index (χ4v) is 2.38. The van der Waals surface area contributed by atoms with Gasteiger partial charge in [-0.2, -0.15) is 0 Å². The van der Waals surface area contributed by atoms with Crippen molar-refractivity contribution in [3.63, 3.8) is 0 Å². The lowest BCUT2D eigenvalue weighted by Gasteiger charge is -2.35. The molecule has 1 aliphatic rings. The maximum Gasteiger partial charge on any atom is 0.0695 e. The van der Waals surface area contributed by atoms with Gasteiger partial charge in [-0.05, 0) is 39.3 Å². The third-order valence-electron chi connectivity index (χ3n) is 3.37. The van der Waals surface area contributed by atoms with Crippen LogP contribution in [-0.4, -0.2) is 49.5 Å². The van der Waals surface area contributed by atoms with Gasteiger partial charge in [-0.15, -0.1) is 0 Å². The van der Waals surface area contributed by atoms with Crippen LogP contribution in [0.1, 0.15) is 38.5 Å². The van der Waals surface area contributed by atoms with E-state index in [0.717, 1.165) is 38.8 Å². The zero-order valence-corrected chi connectivity index (χ0v) is 10.1. The van der Waals surface area contributed by atoms with E-state index >= 15 is 0 Å². The summed E-state index contributed by atoms with van der Waals surface area (Å²) in [5.74, 6) is 0. The lowest BCUT2D eigenvalue weighted by Crippen LogP contribution is -2.43. The molecular weight excluding hydrogens is 190 g/mol. The first kappa shape index (κ1) is 12.9. The molecule has 0 bridgehead atoms. The highest BCUT2D eigenvalue weighted by Gasteiger charge is 2.25. The topological polar surface area (TPSA) is 32.7 Å². The molecule has 0 amide bonds. The molecule has 15 heavy (non-hydrogen) atoms. The summed E-state index contributed by atoms with van der Waals surface area (Å²) in [6, 6.07) is 0.390. The highest BCUT2D eigenvalue weighted by molar-refractivity contribution is 4.81. The molecule has 1 rings (SSSR count). The zero-order chi connectivity index (χ0) is 11.1. The van der Waals surface area contributed by atoms with E-state index in [1.54, 1.807) is 7.11 Å². The molecule has 1 fully saturated rings. The largest absolute Gasteiger partial charge is 0.391 e. The van der Waals surface area contributed by atoms with Crippen LogP contribution in [0.5, 0.6) is 0 Å². The van der Waals surface area contributed by atoms with Crippen LogP contribution in [0.4, 0.5) is 0 Å². The third kappa shape index (κ3) is 4.49. The fraction of sp³-hybridized carbons (Fsp3) is 1.00. The molecule has 1 N–H and O–H groups in total. The highest BCUT2D eigenvalue weighted by atomic mass is 16.5. The van der Waals surface area contributed by atoms with Gasteiger partial charge in [-0.25, -0.2) is 0 Å². The van der Waals surface area contributed by atoms with E-state index in [9.17, 15) is 5.11 Å². The van der Waals surface area contributed by atoms with Crippen molar-refractivity contribution in [1.29, 1.82) is 0 Å². The molecule has 1 aliphatic carbocycles. The number of methoxy groups -OCH3 is 1. The third-order valence-corrected chi connectivity index (χ3v) is 3.37. The molecule has 1 saturated carbocycles. The van der Waals surface area contributed by atoms with Crippen LogP contribution in [0, 0.1) is 0 Å². The summed E-state index contributed by atoms with van der Waals surface area (Å²) in [4.78, 5) is 2.32. The number of aliphatic hydroxyl groups is 1. The monoisotopic (exact) mass is 215 g/mol. The van der Waals surface area contributed by atoms with Crippen LogP contribution >= 0.6 is 0 Å². The number of unbranched alkanes of at least 4 members (excludes halogenated alkanes) is 1. The molecule has 0 aromatic carbocycles. The van der Waals surface area contributed by atoms with Gasteiger partial charge in [0.05, 0.1) is 6.10 Å². The van der Waals surface area contributed by atoms with Gasteiger partial charge < -0.3 is 14.7 Å². The zero-order valence-electron chi connectivity index (χ0n) is 10.1. The second-order valence-electron chi connectivity index (χ2n) is 4.60. The van der Waals surface area contributed by atoms with E-state index in [1.165, 1.54) is 12.8 Å². The Hall–Kier alpha value is -0.120. The minimum atomic E-state index is -0.105. The Balaban J connectivity index is 2.16. The molecule has 0 spiro atoms. The average molecular weight is 215 g/mol. The molecule has 0 radical (unpaired) electrons. The number of hydrogen-bond donors (Lipinski definition) is 1. The summed E-state index contributed by atoms with van der Waals surface area (Å²) < 4.78 is 5.02. The van der Waals surface area contributed by atoms with Crippen molar-refractivity contribution >= 4 is 0 Å². The van der Waals surface area contributed by atoms with Crippen molar-refractivity contribution < 1.29 is 9.84 Å². The van der Waals surface area contributed by atoms with E-state index in [2.05, 4.69) is 11.9 Å². The Morgan fingerprint density at radius 3 is 2.67 bits per heavy atom. The molecular formula is C12H25NO2. The van der Waals surface area contributed by atoms with Gasteiger partial charge in [-0.1, -0.05) is 12.8 Å². The smallest absolute Gasteiger partial charge is 0.0695 e. The predicted octanol–water partition coefficient (Wildman–Crippen LogP) is 1.65. The van der Waals surface area contributed by atoms with Crippen molar-refractivity contribution in [2.45, 2.75) is 50.7 Å². The number of rotatable bonds is 6. The summed E-state index contributed by atoms with van der Waals surface area (Å²) in [6.45, 7) is 1.92. The molecule has 3 nitrogen and oxygen atoms in total. The lowest BCUT2D eigenvalue weighted by atomic mass is 9.91. The molecule has 0 heterocycles. The van der Waals surface area contributed by atoms with E-state index in [1.807, 2.05) is 0 Å². The van der Waals surface area contributed by atoms with Gasteiger partial charge in [-0.3, -0.25) is 0 Å². The quantitative estimate of drug-likeness (QED) is 0.684. The summed E-state index contributed by atoms with van der Waals surface area (Å²) in [5.41, 5.74) is 0. The maximum atomic E-state index is 9.88. The Bertz CT molecular complexity index is 164. The van der Waals surface area contributed by atoms with Crippen LogP contribution in [0.15, 0.2) is 0 Å². The number of nitrogens with zero attached hydrogens (tertiary/aromatic N) is 1. The Kier molecular flexibility index (Phi) is 6.22. The molecule has 2 unspecified atom stereocenters. The van der Waals surface area contributed by atoms with Gasteiger partial charge in [0.25, 0.3) is 0 Å². The average Bonchev–Trinajstić information content (AvgIpc) is 2.25. The van der Waals surface area contributed by atoms with Gasteiger partial charge >= 0.3 is 0 Å². The Morgan fingerprint density at radius 1 is 1.27 bits per heavy atom. The van der Waals surface area contributed by atoms with Crippen LogP contribution < -0.4 is 0 Å². The van der Waals surface area contributed by atoms with E-state index in [-0.39, 0.29) is 6.10 Å². The van der Waals surface area contributed by atoms with Gasteiger partial charge in [0.2, 0.25) is 0 Å². The first-order valence-corrected chi connectivity index (χ1v) is 6.13.